The Balaban J connectivity index is 1.72. The highest BCUT2D eigenvalue weighted by molar-refractivity contribution is 8.00. The van der Waals surface area contributed by atoms with E-state index in [1.165, 1.54) is 23.7 Å². The number of nitrogens with zero attached hydrogens (tertiary/aromatic N) is 1. The van der Waals surface area contributed by atoms with Crippen molar-refractivity contribution in [2.45, 2.75) is 18.7 Å². The summed E-state index contributed by atoms with van der Waals surface area (Å²) < 4.78 is 8.22. The number of aryl methyl sites for hydroxylation is 2. The summed E-state index contributed by atoms with van der Waals surface area (Å²) in [5, 5.41) is 6.52. The second-order valence-corrected chi connectivity index (χ2v) is 6.19. The van der Waals surface area contributed by atoms with Gasteiger partial charge in [0.25, 0.3) is 5.91 Å². The maximum atomic E-state index is 12.3. The molecule has 2 aromatic carbocycles. The van der Waals surface area contributed by atoms with E-state index in [4.69, 9.17) is 4.52 Å². The molecule has 1 aromatic heterocycles. The van der Waals surface area contributed by atoms with Crippen LogP contribution in [0.25, 0.3) is 0 Å². The van der Waals surface area contributed by atoms with Crippen LogP contribution in [0.15, 0.2) is 64.1 Å². The van der Waals surface area contributed by atoms with Crippen LogP contribution in [0.5, 0.6) is 0 Å². The summed E-state index contributed by atoms with van der Waals surface area (Å²) in [6.07, 6.45) is 1.42. The van der Waals surface area contributed by atoms with E-state index in [0.29, 0.717) is 17.0 Å². The third kappa shape index (κ3) is 3.78. The summed E-state index contributed by atoms with van der Waals surface area (Å²) in [6, 6.07) is 15.8. The summed E-state index contributed by atoms with van der Waals surface area (Å²) in [5.41, 5.74) is 3.17. The summed E-state index contributed by atoms with van der Waals surface area (Å²) >= 11 is 1.49. The largest absolute Gasteiger partial charge is 0.361 e. The number of anilines is 2. The van der Waals surface area contributed by atoms with E-state index in [1.54, 1.807) is 6.92 Å². The first-order valence-electron chi connectivity index (χ1n) is 7.44. The number of benzene rings is 2. The third-order valence-corrected chi connectivity index (χ3v) is 4.30. The van der Waals surface area contributed by atoms with Crippen LogP contribution in [0.2, 0.25) is 0 Å². The van der Waals surface area contributed by atoms with E-state index >= 15 is 0 Å². The van der Waals surface area contributed by atoms with Crippen molar-refractivity contribution in [1.29, 1.82) is 0 Å². The molecule has 0 unspecified atom stereocenters. The monoisotopic (exact) mass is 339 g/mol. The molecule has 0 atom stereocenters. The summed E-state index contributed by atoms with van der Waals surface area (Å²) in [6.45, 7) is 3.76. The van der Waals surface area contributed by atoms with Gasteiger partial charge in [-0.25, -0.2) is 0 Å². The van der Waals surface area contributed by atoms with Crippen LogP contribution in [-0.4, -0.2) is 11.1 Å². The first-order valence-corrected chi connectivity index (χ1v) is 8.26. The van der Waals surface area contributed by atoms with Crippen LogP contribution < -0.4 is 10.0 Å². The Morgan fingerprint density at radius 2 is 1.75 bits per heavy atom. The van der Waals surface area contributed by atoms with Crippen LogP contribution in [0.4, 0.5) is 11.4 Å². The van der Waals surface area contributed by atoms with Crippen LogP contribution in [0.1, 0.15) is 21.7 Å². The number of nitrogens with one attached hydrogen (secondary N) is 2. The van der Waals surface area contributed by atoms with Crippen molar-refractivity contribution < 1.29 is 9.32 Å². The van der Waals surface area contributed by atoms with E-state index in [1.807, 2.05) is 24.3 Å². The summed E-state index contributed by atoms with van der Waals surface area (Å²) in [7, 11) is 0. The molecule has 1 heterocycles. The third-order valence-electron chi connectivity index (χ3n) is 3.47. The first-order chi connectivity index (χ1) is 11.6. The molecule has 24 heavy (non-hydrogen) atoms. The Kier molecular flexibility index (Phi) is 4.86. The van der Waals surface area contributed by atoms with E-state index in [9.17, 15) is 4.79 Å². The van der Waals surface area contributed by atoms with Gasteiger partial charge in [0.15, 0.2) is 0 Å². The number of carbonyl (C=O) groups excluding carboxylic acids is 1. The van der Waals surface area contributed by atoms with Crippen molar-refractivity contribution in [3.8, 4) is 0 Å². The molecular weight excluding hydrogens is 322 g/mol. The fourth-order valence-electron chi connectivity index (χ4n) is 2.11. The molecule has 0 aliphatic heterocycles. The molecule has 6 heteroatoms. The number of para-hydroxylation sites is 2. The van der Waals surface area contributed by atoms with Gasteiger partial charge in [-0.05, 0) is 50.1 Å². The number of rotatable bonds is 5. The topological polar surface area (TPSA) is 67.2 Å². The van der Waals surface area contributed by atoms with Gasteiger partial charge in [-0.3, -0.25) is 4.79 Å². The Bertz CT molecular complexity index is 843. The van der Waals surface area contributed by atoms with Crippen molar-refractivity contribution in [2.24, 2.45) is 0 Å². The molecule has 0 fully saturated rings. The second-order valence-electron chi connectivity index (χ2n) is 5.31. The van der Waals surface area contributed by atoms with Crippen molar-refractivity contribution in [1.82, 2.24) is 5.16 Å². The molecule has 5 nitrogen and oxygen atoms in total. The van der Waals surface area contributed by atoms with Crippen molar-refractivity contribution in [2.75, 3.05) is 10.0 Å². The number of aromatic nitrogens is 1. The Hall–Kier alpha value is -2.73. The lowest BCUT2D eigenvalue weighted by atomic mass is 10.2. The van der Waals surface area contributed by atoms with E-state index < -0.39 is 0 Å². The SMILES string of the molecule is Cc1ccc(SNc2ccccc2NC(=O)c2cnoc2C)cc1. The molecule has 0 radical (unpaired) electrons. The molecule has 0 aliphatic carbocycles. The average Bonchev–Trinajstić information content (AvgIpc) is 3.02. The number of amides is 1. The molecule has 3 aromatic rings. The number of hydrogen-bond donors (Lipinski definition) is 2. The summed E-state index contributed by atoms with van der Waals surface area (Å²) in [4.78, 5) is 13.4. The second kappa shape index (κ2) is 7.23. The van der Waals surface area contributed by atoms with Gasteiger partial charge in [-0.1, -0.05) is 35.0 Å². The van der Waals surface area contributed by atoms with Crippen molar-refractivity contribution >= 4 is 29.2 Å². The zero-order valence-corrected chi connectivity index (χ0v) is 14.2. The molecule has 1 amide bonds. The van der Waals surface area contributed by atoms with Gasteiger partial charge in [-0.15, -0.1) is 0 Å². The van der Waals surface area contributed by atoms with Crippen molar-refractivity contribution in [3.63, 3.8) is 0 Å². The van der Waals surface area contributed by atoms with E-state index in [0.717, 1.165) is 10.6 Å². The predicted octanol–water partition coefficient (Wildman–Crippen LogP) is 4.66. The zero-order valence-electron chi connectivity index (χ0n) is 13.4. The molecule has 0 bridgehead atoms. The smallest absolute Gasteiger partial charge is 0.260 e. The van der Waals surface area contributed by atoms with Crippen LogP contribution in [0, 0.1) is 13.8 Å². The molecule has 3 rings (SSSR count). The van der Waals surface area contributed by atoms with Gasteiger partial charge >= 0.3 is 0 Å². The zero-order chi connectivity index (χ0) is 16.9. The fraction of sp³-hybridized carbons (Fsp3) is 0.111. The molecule has 0 aliphatic rings. The molecule has 0 spiro atoms. The highest BCUT2D eigenvalue weighted by Crippen LogP contribution is 2.28. The lowest BCUT2D eigenvalue weighted by Crippen LogP contribution is -2.13. The molecular formula is C18H17N3O2S. The Morgan fingerprint density at radius 3 is 2.42 bits per heavy atom. The quantitative estimate of drug-likeness (QED) is 0.662. The van der Waals surface area contributed by atoms with Gasteiger partial charge < -0.3 is 14.6 Å². The predicted molar refractivity (Wildman–Crippen MR) is 96.3 cm³/mol. The number of carbonyl (C=O) groups is 1. The normalized spacial score (nSPS) is 10.4. The Labute approximate surface area is 144 Å². The van der Waals surface area contributed by atoms with Gasteiger partial charge in [0.1, 0.15) is 11.3 Å². The number of hydrogen-bond acceptors (Lipinski definition) is 5. The van der Waals surface area contributed by atoms with E-state index in [-0.39, 0.29) is 5.91 Å². The standard InChI is InChI=1S/C18H17N3O2S/c1-12-7-9-14(10-8-12)24-21-17-6-4-3-5-16(17)20-18(22)15-11-19-23-13(15)2/h3-11,21H,1-2H3,(H,20,22). The minimum Gasteiger partial charge on any atom is -0.361 e. The van der Waals surface area contributed by atoms with Crippen LogP contribution in [-0.2, 0) is 0 Å². The minimum absolute atomic E-state index is 0.247. The molecule has 0 saturated carbocycles. The van der Waals surface area contributed by atoms with Gasteiger partial charge in [0, 0.05) is 4.90 Å². The van der Waals surface area contributed by atoms with Gasteiger partial charge in [0.2, 0.25) is 0 Å². The molecule has 122 valence electrons. The maximum absolute atomic E-state index is 12.3. The molecule has 2 N–H and O–H groups in total. The van der Waals surface area contributed by atoms with Gasteiger partial charge in [-0.2, -0.15) is 0 Å². The van der Waals surface area contributed by atoms with Crippen LogP contribution >= 0.6 is 11.9 Å². The fourth-order valence-corrected chi connectivity index (χ4v) is 2.79. The molecule has 0 saturated heterocycles. The first kappa shape index (κ1) is 16.1. The van der Waals surface area contributed by atoms with Gasteiger partial charge in [0.05, 0.1) is 17.6 Å². The summed E-state index contributed by atoms with van der Waals surface area (Å²) in [5.74, 6) is 0.246. The average molecular weight is 339 g/mol. The van der Waals surface area contributed by atoms with Crippen molar-refractivity contribution in [3.05, 3.63) is 71.6 Å². The lowest BCUT2D eigenvalue weighted by Gasteiger charge is -2.12. The van der Waals surface area contributed by atoms with Crippen LogP contribution in [0.3, 0.4) is 0 Å². The maximum Gasteiger partial charge on any atom is 0.260 e. The lowest BCUT2D eigenvalue weighted by molar-refractivity contribution is 0.102. The van der Waals surface area contributed by atoms with E-state index in [2.05, 4.69) is 46.4 Å². The highest BCUT2D eigenvalue weighted by Gasteiger charge is 2.14. The minimum atomic E-state index is -0.247. The Morgan fingerprint density at radius 1 is 1.04 bits per heavy atom. The highest BCUT2D eigenvalue weighted by atomic mass is 32.2.